The van der Waals surface area contributed by atoms with Crippen molar-refractivity contribution >= 4 is 22.8 Å². The van der Waals surface area contributed by atoms with Gasteiger partial charge in [0.2, 0.25) is 0 Å². The van der Waals surface area contributed by atoms with E-state index in [0.717, 1.165) is 0 Å². The van der Waals surface area contributed by atoms with Crippen LogP contribution in [-0.2, 0) is 9.53 Å². The van der Waals surface area contributed by atoms with Crippen LogP contribution in [-0.4, -0.2) is 36.7 Å². The van der Waals surface area contributed by atoms with Crippen LogP contribution in [0.15, 0.2) is 22.6 Å². The lowest BCUT2D eigenvalue weighted by Gasteiger charge is -2.32. The molecule has 0 atom stereocenters. The Morgan fingerprint density at radius 3 is 2.71 bits per heavy atom. The zero-order valence-corrected chi connectivity index (χ0v) is 13.2. The summed E-state index contributed by atoms with van der Waals surface area (Å²) in [6.07, 6.45) is 0.680. The van der Waals surface area contributed by atoms with Gasteiger partial charge in [-0.05, 0) is 38.0 Å². The van der Waals surface area contributed by atoms with Crippen LogP contribution in [0.2, 0.25) is 0 Å². The number of carboxylic acid groups (broad SMARTS) is 1. The molecule has 1 aliphatic heterocycles. The number of aliphatic carboxylic acids is 1. The summed E-state index contributed by atoms with van der Waals surface area (Å²) >= 11 is 0. The van der Waals surface area contributed by atoms with Gasteiger partial charge in [-0.1, -0.05) is 0 Å². The number of hydrogen-bond acceptors (Lipinski definition) is 4. The Morgan fingerprint density at radius 2 is 2.04 bits per heavy atom. The van der Waals surface area contributed by atoms with Gasteiger partial charge in [0.15, 0.2) is 5.76 Å². The molecule has 24 heavy (non-hydrogen) atoms. The maximum absolute atomic E-state index is 13.3. The van der Waals surface area contributed by atoms with E-state index in [1.807, 2.05) is 0 Å². The summed E-state index contributed by atoms with van der Waals surface area (Å²) in [5, 5.41) is 12.7. The number of furan rings is 1. The van der Waals surface area contributed by atoms with E-state index in [1.165, 1.54) is 18.2 Å². The highest BCUT2D eigenvalue weighted by molar-refractivity contribution is 5.99. The fraction of sp³-hybridized carbons (Fsp3) is 0.412. The second-order valence-electron chi connectivity index (χ2n) is 6.08. The topological polar surface area (TPSA) is 88.8 Å². The number of fused-ring (bicyclic) bond motifs is 1. The average molecular weight is 335 g/mol. The van der Waals surface area contributed by atoms with Gasteiger partial charge in [0.05, 0.1) is 5.41 Å². The summed E-state index contributed by atoms with van der Waals surface area (Å²) < 4.78 is 24.0. The van der Waals surface area contributed by atoms with Crippen molar-refractivity contribution in [2.24, 2.45) is 5.41 Å². The van der Waals surface area contributed by atoms with Crippen LogP contribution in [0.1, 0.15) is 29.0 Å². The Kier molecular flexibility index (Phi) is 4.28. The van der Waals surface area contributed by atoms with Gasteiger partial charge in [0, 0.05) is 30.7 Å². The number of carboxylic acids is 1. The van der Waals surface area contributed by atoms with Crippen LogP contribution in [0.4, 0.5) is 4.39 Å². The number of hydrogen-bond donors (Lipinski definition) is 2. The molecule has 2 N–H and O–H groups in total. The van der Waals surface area contributed by atoms with Crippen LogP contribution in [0, 0.1) is 18.2 Å². The van der Waals surface area contributed by atoms with E-state index in [1.54, 1.807) is 6.92 Å². The third-order valence-electron chi connectivity index (χ3n) is 4.60. The summed E-state index contributed by atoms with van der Waals surface area (Å²) in [5.41, 5.74) is -0.0867. The van der Waals surface area contributed by atoms with E-state index in [-0.39, 0.29) is 12.3 Å². The van der Waals surface area contributed by atoms with Crippen LogP contribution >= 0.6 is 0 Å². The van der Waals surface area contributed by atoms with Gasteiger partial charge in [0.1, 0.15) is 11.4 Å². The normalized spacial score (nSPS) is 16.9. The average Bonchev–Trinajstić information content (AvgIpc) is 2.90. The SMILES string of the molecule is Cc1c(C(=O)NCC2(C(=O)O)CCOCC2)oc2ccc(F)cc12. The molecule has 0 unspecified atom stereocenters. The number of amides is 1. The van der Waals surface area contributed by atoms with Crippen molar-refractivity contribution in [1.82, 2.24) is 5.32 Å². The van der Waals surface area contributed by atoms with E-state index < -0.39 is 23.1 Å². The molecule has 0 radical (unpaired) electrons. The van der Waals surface area contributed by atoms with Crippen LogP contribution in [0.3, 0.4) is 0 Å². The van der Waals surface area contributed by atoms with Crippen molar-refractivity contribution in [2.75, 3.05) is 19.8 Å². The zero-order valence-electron chi connectivity index (χ0n) is 13.2. The Balaban J connectivity index is 1.80. The first-order valence-electron chi connectivity index (χ1n) is 7.71. The van der Waals surface area contributed by atoms with Crippen LogP contribution in [0.25, 0.3) is 11.0 Å². The quantitative estimate of drug-likeness (QED) is 0.896. The second-order valence-corrected chi connectivity index (χ2v) is 6.08. The summed E-state index contributed by atoms with van der Waals surface area (Å²) in [7, 11) is 0. The number of benzene rings is 1. The summed E-state index contributed by atoms with van der Waals surface area (Å²) in [6, 6.07) is 4.03. The van der Waals surface area contributed by atoms with Crippen LogP contribution in [0.5, 0.6) is 0 Å². The number of halogens is 1. The molecule has 1 fully saturated rings. The Labute approximate surface area is 137 Å². The Morgan fingerprint density at radius 1 is 1.33 bits per heavy atom. The number of nitrogens with one attached hydrogen (secondary N) is 1. The third kappa shape index (κ3) is 2.87. The number of ether oxygens (including phenoxy) is 1. The van der Waals surface area contributed by atoms with Crippen molar-refractivity contribution in [3.63, 3.8) is 0 Å². The molecule has 2 aromatic rings. The molecule has 1 aromatic heterocycles. The minimum Gasteiger partial charge on any atom is -0.481 e. The number of carbonyl (C=O) groups excluding carboxylic acids is 1. The number of rotatable bonds is 4. The third-order valence-corrected chi connectivity index (χ3v) is 4.60. The summed E-state index contributed by atoms with van der Waals surface area (Å²) in [4.78, 5) is 24.0. The second kappa shape index (κ2) is 6.24. The van der Waals surface area contributed by atoms with Gasteiger partial charge in [-0.3, -0.25) is 9.59 Å². The van der Waals surface area contributed by atoms with Gasteiger partial charge in [0.25, 0.3) is 5.91 Å². The molecular weight excluding hydrogens is 317 g/mol. The molecular formula is C17H18FNO5. The first kappa shape index (κ1) is 16.4. The smallest absolute Gasteiger partial charge is 0.311 e. The number of carbonyl (C=O) groups is 2. The largest absolute Gasteiger partial charge is 0.481 e. The molecule has 1 aromatic carbocycles. The molecule has 6 nitrogen and oxygen atoms in total. The first-order valence-corrected chi connectivity index (χ1v) is 7.71. The molecule has 0 bridgehead atoms. The minimum atomic E-state index is -1.03. The Hall–Kier alpha value is -2.41. The molecule has 1 aliphatic rings. The van der Waals surface area contributed by atoms with Gasteiger partial charge in [-0.2, -0.15) is 0 Å². The molecule has 1 amide bonds. The standard InChI is InChI=1S/C17H18FNO5/c1-10-12-8-11(18)2-3-13(12)24-14(10)15(20)19-9-17(16(21)22)4-6-23-7-5-17/h2-3,8H,4-7,9H2,1H3,(H,19,20)(H,21,22). The highest BCUT2D eigenvalue weighted by Crippen LogP contribution is 2.31. The van der Waals surface area contributed by atoms with E-state index in [0.29, 0.717) is 42.6 Å². The molecule has 7 heteroatoms. The van der Waals surface area contributed by atoms with Crippen molar-refractivity contribution in [3.8, 4) is 0 Å². The molecule has 1 saturated heterocycles. The lowest BCUT2D eigenvalue weighted by Crippen LogP contribution is -2.46. The fourth-order valence-corrected chi connectivity index (χ4v) is 2.97. The molecule has 0 saturated carbocycles. The summed E-state index contributed by atoms with van der Waals surface area (Å²) in [5.74, 6) is -1.79. The van der Waals surface area contributed by atoms with Gasteiger partial charge >= 0.3 is 5.97 Å². The maximum atomic E-state index is 13.3. The van der Waals surface area contributed by atoms with Crippen LogP contribution < -0.4 is 5.32 Å². The lowest BCUT2D eigenvalue weighted by molar-refractivity contribution is -0.154. The van der Waals surface area contributed by atoms with E-state index in [9.17, 15) is 19.1 Å². The fourth-order valence-electron chi connectivity index (χ4n) is 2.97. The van der Waals surface area contributed by atoms with Gasteiger partial charge in [-0.15, -0.1) is 0 Å². The van der Waals surface area contributed by atoms with Crippen molar-refractivity contribution in [1.29, 1.82) is 0 Å². The number of aryl methyl sites for hydroxylation is 1. The molecule has 0 aliphatic carbocycles. The summed E-state index contributed by atoms with van der Waals surface area (Å²) in [6.45, 7) is 2.37. The van der Waals surface area contributed by atoms with E-state index in [2.05, 4.69) is 5.32 Å². The van der Waals surface area contributed by atoms with E-state index >= 15 is 0 Å². The first-order chi connectivity index (χ1) is 11.4. The predicted octanol–water partition coefficient (Wildman–Crippen LogP) is 2.49. The highest BCUT2D eigenvalue weighted by Gasteiger charge is 2.40. The monoisotopic (exact) mass is 335 g/mol. The zero-order chi connectivity index (χ0) is 17.3. The van der Waals surface area contributed by atoms with Gasteiger partial charge < -0.3 is 19.6 Å². The highest BCUT2D eigenvalue weighted by atomic mass is 19.1. The van der Waals surface area contributed by atoms with Crippen molar-refractivity contribution in [2.45, 2.75) is 19.8 Å². The van der Waals surface area contributed by atoms with Crippen molar-refractivity contribution < 1.29 is 28.2 Å². The van der Waals surface area contributed by atoms with E-state index in [4.69, 9.17) is 9.15 Å². The predicted molar refractivity (Wildman–Crippen MR) is 83.4 cm³/mol. The minimum absolute atomic E-state index is 0.00459. The molecule has 2 heterocycles. The molecule has 0 spiro atoms. The Bertz CT molecular complexity index is 792. The van der Waals surface area contributed by atoms with Gasteiger partial charge in [-0.25, -0.2) is 4.39 Å². The molecule has 3 rings (SSSR count). The maximum Gasteiger partial charge on any atom is 0.311 e. The molecule has 128 valence electrons. The van der Waals surface area contributed by atoms with Crippen molar-refractivity contribution in [3.05, 3.63) is 35.3 Å². The lowest BCUT2D eigenvalue weighted by atomic mass is 9.80.